The number of aromatic amines is 1. The second-order valence-corrected chi connectivity index (χ2v) is 19.2. The Morgan fingerprint density at radius 1 is 0.924 bits per heavy atom. The molecule has 66 heavy (non-hydrogen) atoms. The number of benzene rings is 2. The van der Waals surface area contributed by atoms with Gasteiger partial charge in [-0.15, -0.1) is 0 Å². The minimum atomic E-state index is -1.86. The summed E-state index contributed by atoms with van der Waals surface area (Å²) >= 11 is 0. The van der Waals surface area contributed by atoms with E-state index in [0.717, 1.165) is 34.4 Å². The van der Waals surface area contributed by atoms with Crippen LogP contribution >= 0.6 is 0 Å². The topological polar surface area (TPSA) is 219 Å². The van der Waals surface area contributed by atoms with E-state index in [9.17, 15) is 40.2 Å². The Hall–Kier alpha value is -4.90. The zero-order valence-corrected chi connectivity index (χ0v) is 39.2. The number of rotatable bonds is 18. The maximum absolute atomic E-state index is 14.9. The highest BCUT2D eigenvalue weighted by Crippen LogP contribution is 2.48. The predicted octanol–water partition coefficient (Wildman–Crippen LogP) is 6.32. The number of fused-ring (bicyclic) bond motifs is 2. The fraction of sp³-hybridized carbons (Fsp3) is 0.556. The molecule has 1 aromatic heterocycles. The first-order valence-corrected chi connectivity index (χ1v) is 24.2. The SMILES string of the molecule is CCC[C@@H]([C@@H]1C[C@@H]([C@H](CCCO)C2=CCNC(N)=C2)C[C@H]2C#C[C@H](c3ccccc3)c3cc(O)c(OC)cc3CCC(=O)[C@H](O)C(=O)[C@H]2C1)[C@H](O)Cc1cc([C@H](C)CC[C@H](O)[C@H](C)O)c[nH]1. The highest BCUT2D eigenvalue weighted by atomic mass is 16.5. The molecule has 3 aliphatic rings. The van der Waals surface area contributed by atoms with Crippen molar-refractivity contribution in [3.05, 3.63) is 106 Å². The summed E-state index contributed by atoms with van der Waals surface area (Å²) in [5.74, 6) is 4.38. The van der Waals surface area contributed by atoms with Gasteiger partial charge in [-0.3, -0.25) is 9.59 Å². The summed E-state index contributed by atoms with van der Waals surface area (Å²) < 4.78 is 5.48. The molecule has 1 fully saturated rings. The zero-order valence-electron chi connectivity index (χ0n) is 39.2. The number of aromatic hydroxyl groups is 1. The van der Waals surface area contributed by atoms with Gasteiger partial charge >= 0.3 is 0 Å². The van der Waals surface area contributed by atoms with Crippen LogP contribution in [0.2, 0.25) is 0 Å². The van der Waals surface area contributed by atoms with E-state index in [0.29, 0.717) is 75.7 Å². The van der Waals surface area contributed by atoms with Crippen LogP contribution in [0.25, 0.3) is 0 Å². The lowest BCUT2D eigenvalue weighted by Crippen LogP contribution is -2.40. The number of H-pyrrole nitrogens is 1. The van der Waals surface area contributed by atoms with Crippen LogP contribution in [0, 0.1) is 47.3 Å². The summed E-state index contributed by atoms with van der Waals surface area (Å²) in [6.07, 6.45) is 7.43. The first-order valence-electron chi connectivity index (χ1n) is 24.2. The van der Waals surface area contributed by atoms with Crippen LogP contribution in [-0.4, -0.2) is 91.9 Å². The minimum absolute atomic E-state index is 0.000877. The van der Waals surface area contributed by atoms with Crippen molar-refractivity contribution in [1.29, 1.82) is 0 Å². The fourth-order valence-corrected chi connectivity index (χ4v) is 10.9. The zero-order chi connectivity index (χ0) is 47.5. The highest BCUT2D eigenvalue weighted by Gasteiger charge is 2.45. The van der Waals surface area contributed by atoms with Crippen molar-refractivity contribution in [2.75, 3.05) is 20.3 Å². The third-order valence-corrected chi connectivity index (χ3v) is 14.7. The molecule has 1 aliphatic heterocycles. The molecule has 0 amide bonds. The molecule has 1 saturated carbocycles. The number of aliphatic hydroxyl groups excluding tert-OH is 5. The van der Waals surface area contributed by atoms with Crippen LogP contribution in [0.1, 0.15) is 125 Å². The molecule has 6 rings (SSSR count). The molecule has 2 heterocycles. The summed E-state index contributed by atoms with van der Waals surface area (Å²) in [5.41, 5.74) is 11.7. The van der Waals surface area contributed by atoms with Crippen molar-refractivity contribution >= 4 is 11.6 Å². The number of hydrogen-bond acceptors (Lipinski definition) is 11. The Morgan fingerprint density at radius 2 is 1.70 bits per heavy atom. The number of ether oxygens (including phenoxy) is 1. The van der Waals surface area contributed by atoms with Crippen LogP contribution < -0.4 is 15.8 Å². The number of phenolic OH excluding ortho intramolecular Hbond substituents is 1. The van der Waals surface area contributed by atoms with Gasteiger partial charge in [0.25, 0.3) is 0 Å². The van der Waals surface area contributed by atoms with Gasteiger partial charge in [-0.05, 0) is 146 Å². The van der Waals surface area contributed by atoms with E-state index < -0.39 is 53.7 Å². The maximum atomic E-state index is 14.9. The van der Waals surface area contributed by atoms with E-state index in [1.54, 1.807) is 19.1 Å². The number of carbonyl (C=O) groups is 2. The Balaban J connectivity index is 1.45. The van der Waals surface area contributed by atoms with Crippen LogP contribution in [0.5, 0.6) is 11.5 Å². The van der Waals surface area contributed by atoms with Crippen molar-refractivity contribution in [3.63, 3.8) is 0 Å². The van der Waals surface area contributed by atoms with Crippen LogP contribution in [-0.2, 0) is 22.4 Å². The average Bonchev–Trinajstić information content (AvgIpc) is 3.70. The lowest BCUT2D eigenvalue weighted by Gasteiger charge is -2.35. The molecule has 12 heteroatoms. The van der Waals surface area contributed by atoms with Gasteiger partial charge in [0.05, 0.1) is 37.2 Å². The lowest BCUT2D eigenvalue weighted by atomic mass is 9.71. The number of dihydropyridines is 1. The average molecular weight is 908 g/mol. The van der Waals surface area contributed by atoms with Gasteiger partial charge in [-0.2, -0.15) is 0 Å². The Morgan fingerprint density at radius 3 is 2.39 bits per heavy atom. The standard InChI is InChI=1S/C54H73N3O9/c1-5-10-44(49(62)29-41-25-40(31-57-41)32(2)14-18-47(60)33(3)59)39-24-38(42(13-9-22-58)37-20-21-56-52(55)28-37)23-35-15-17-43(34-11-7-6-8-12-34)45-30-50(63)51(66-4)27-36(45)16-19-48(61)54(65)53(64)46(35)26-39/h6-8,11-12,20,25,27-28,30-33,35,38-39,42-44,46-47,49,54,56-60,62-63,65H,5,9-10,13-14,16,18-19,21-24,26,29,55H2,1-4H3/t32-,33+,35-,38+,39-,42-,43-,44+,46+,47+,49-,54+/m1/s1. The van der Waals surface area contributed by atoms with Crippen molar-refractivity contribution in [3.8, 4) is 23.3 Å². The van der Waals surface area contributed by atoms with Crippen LogP contribution in [0.3, 0.4) is 0 Å². The summed E-state index contributed by atoms with van der Waals surface area (Å²) in [6, 6.07) is 15.2. The van der Waals surface area contributed by atoms with E-state index >= 15 is 0 Å². The molecule has 0 radical (unpaired) electrons. The largest absolute Gasteiger partial charge is 0.504 e. The maximum Gasteiger partial charge on any atom is 0.173 e. The molecule has 2 aromatic carbocycles. The first kappa shape index (κ1) is 50.5. The number of nitrogens with one attached hydrogen (secondary N) is 2. The summed E-state index contributed by atoms with van der Waals surface area (Å²) in [5, 5.41) is 68.6. The number of Topliss-reactive ketones (excluding diaryl/α,β-unsaturated/α-hetero) is 2. The van der Waals surface area contributed by atoms with Crippen molar-refractivity contribution in [2.45, 2.75) is 134 Å². The number of methoxy groups -OCH3 is 1. The second kappa shape index (κ2) is 23.7. The lowest BCUT2D eigenvalue weighted by molar-refractivity contribution is -0.142. The number of nitrogens with two attached hydrogens (primary N) is 1. The predicted molar refractivity (Wildman–Crippen MR) is 255 cm³/mol. The van der Waals surface area contributed by atoms with Gasteiger partial charge in [0.1, 0.15) is 0 Å². The number of hydrogen-bond donors (Lipinski definition) is 9. The monoisotopic (exact) mass is 908 g/mol. The normalized spacial score (nSPS) is 25.3. The van der Waals surface area contributed by atoms with E-state index in [1.165, 1.54) is 7.11 Å². The molecule has 12 atom stereocenters. The quantitative estimate of drug-likeness (QED) is 0.0508. The smallest absolute Gasteiger partial charge is 0.173 e. The number of aliphatic hydroxyl groups is 5. The van der Waals surface area contributed by atoms with Gasteiger partial charge in [-0.1, -0.05) is 68.5 Å². The number of phenols is 1. The van der Waals surface area contributed by atoms with Crippen LogP contribution in [0.4, 0.5) is 0 Å². The van der Waals surface area contributed by atoms with Gasteiger partial charge in [0.15, 0.2) is 29.2 Å². The van der Waals surface area contributed by atoms with Crippen molar-refractivity contribution in [1.82, 2.24) is 10.3 Å². The van der Waals surface area contributed by atoms with Gasteiger partial charge in [0, 0.05) is 49.7 Å². The molecule has 0 bridgehead atoms. The van der Waals surface area contributed by atoms with Gasteiger partial charge in [0.2, 0.25) is 0 Å². The molecule has 3 aromatic rings. The van der Waals surface area contributed by atoms with E-state index in [4.69, 9.17) is 10.5 Å². The first-order chi connectivity index (χ1) is 31.7. The molecule has 0 unspecified atom stereocenters. The minimum Gasteiger partial charge on any atom is -0.504 e. The summed E-state index contributed by atoms with van der Waals surface area (Å²) in [6.45, 7) is 6.31. The van der Waals surface area contributed by atoms with E-state index in [2.05, 4.69) is 48.1 Å². The highest BCUT2D eigenvalue weighted by molar-refractivity contribution is 6.06. The number of carbonyl (C=O) groups excluding carboxylic acids is 2. The number of aromatic nitrogens is 1. The van der Waals surface area contributed by atoms with Crippen molar-refractivity contribution in [2.24, 2.45) is 41.2 Å². The number of allylic oxidation sites excluding steroid dienone is 2. The van der Waals surface area contributed by atoms with E-state index in [1.807, 2.05) is 42.6 Å². The Kier molecular flexibility index (Phi) is 18.1. The third kappa shape index (κ3) is 12.5. The Labute approximate surface area is 390 Å². The molecule has 0 spiro atoms. The summed E-state index contributed by atoms with van der Waals surface area (Å²) in [7, 11) is 1.46. The van der Waals surface area contributed by atoms with Gasteiger partial charge < -0.3 is 51.4 Å². The van der Waals surface area contributed by atoms with Crippen LogP contribution in [0.15, 0.2) is 78.3 Å². The molecule has 2 aliphatic carbocycles. The van der Waals surface area contributed by atoms with Gasteiger partial charge in [-0.25, -0.2) is 0 Å². The Bertz CT molecular complexity index is 2210. The van der Waals surface area contributed by atoms with Crippen molar-refractivity contribution < 1.29 is 45.0 Å². The second-order valence-electron chi connectivity index (χ2n) is 19.2. The fourth-order valence-electron chi connectivity index (χ4n) is 10.9. The molecular formula is C54H73N3O9. The molecular weight excluding hydrogens is 835 g/mol. The molecule has 12 nitrogen and oxygen atoms in total. The van der Waals surface area contributed by atoms with E-state index in [-0.39, 0.29) is 60.5 Å². The summed E-state index contributed by atoms with van der Waals surface area (Å²) in [4.78, 5) is 32.3. The molecule has 10 N–H and O–H groups in total. The number of aryl methyl sites for hydroxylation is 1. The molecule has 358 valence electrons. The molecule has 0 saturated heterocycles. The third-order valence-electron chi connectivity index (χ3n) is 14.7. The number of ketones is 2.